The lowest BCUT2D eigenvalue weighted by Gasteiger charge is -2.31. The topological polar surface area (TPSA) is 76.7 Å². The lowest BCUT2D eigenvalue weighted by atomic mass is 9.97. The molecule has 6 nitrogen and oxygen atoms in total. The van der Waals surface area contributed by atoms with Crippen LogP contribution in [0, 0.1) is 0 Å². The Bertz CT molecular complexity index is 357. The number of methoxy groups -OCH3 is 1. The van der Waals surface area contributed by atoms with Crippen molar-refractivity contribution in [1.82, 2.24) is 10.6 Å². The van der Waals surface area contributed by atoms with Crippen LogP contribution in [-0.2, 0) is 14.3 Å². The Labute approximate surface area is 126 Å². The number of rotatable bonds is 6. The predicted octanol–water partition coefficient (Wildman–Crippen LogP) is 1.98. The van der Waals surface area contributed by atoms with E-state index in [1.165, 1.54) is 0 Å². The smallest absolute Gasteiger partial charge is 0.407 e. The first-order chi connectivity index (χ1) is 9.76. The first-order valence-corrected chi connectivity index (χ1v) is 7.53. The minimum Gasteiger partial charge on any atom is -0.444 e. The van der Waals surface area contributed by atoms with E-state index in [1.54, 1.807) is 7.11 Å². The second kappa shape index (κ2) is 7.64. The summed E-state index contributed by atoms with van der Waals surface area (Å²) in [6.45, 7) is 6.28. The van der Waals surface area contributed by atoms with Gasteiger partial charge in [0.05, 0.1) is 12.1 Å². The fraction of sp³-hybridized carbons (Fsp3) is 0.867. The number of carbonyl (C=O) groups excluding carboxylic acids is 2. The average molecular weight is 300 g/mol. The molecule has 0 aliphatic heterocycles. The maximum atomic E-state index is 11.9. The van der Waals surface area contributed by atoms with E-state index in [2.05, 4.69) is 10.6 Å². The number of hydrogen-bond acceptors (Lipinski definition) is 4. The van der Waals surface area contributed by atoms with E-state index in [0.717, 1.165) is 25.7 Å². The van der Waals surface area contributed by atoms with Crippen LogP contribution in [0.25, 0.3) is 0 Å². The summed E-state index contributed by atoms with van der Waals surface area (Å²) in [4.78, 5) is 23.7. The van der Waals surface area contributed by atoms with Crippen molar-refractivity contribution in [1.29, 1.82) is 0 Å². The lowest BCUT2D eigenvalue weighted by Crippen LogP contribution is -2.54. The molecule has 0 bridgehead atoms. The highest BCUT2D eigenvalue weighted by Gasteiger charge is 2.35. The molecule has 0 aromatic rings. The normalized spacial score (nSPS) is 17.3. The van der Waals surface area contributed by atoms with Gasteiger partial charge in [-0.25, -0.2) is 4.79 Å². The van der Waals surface area contributed by atoms with Gasteiger partial charge in [-0.3, -0.25) is 4.79 Å². The van der Waals surface area contributed by atoms with Crippen molar-refractivity contribution in [2.75, 3.05) is 20.3 Å². The third-order valence-corrected chi connectivity index (χ3v) is 3.47. The Morgan fingerprint density at radius 1 is 1.19 bits per heavy atom. The minimum atomic E-state index is -0.519. The van der Waals surface area contributed by atoms with Crippen LogP contribution in [0.4, 0.5) is 4.79 Å². The second-order valence-corrected chi connectivity index (χ2v) is 6.63. The molecule has 2 amide bonds. The maximum Gasteiger partial charge on any atom is 0.407 e. The van der Waals surface area contributed by atoms with Gasteiger partial charge in [0.25, 0.3) is 0 Å². The van der Waals surface area contributed by atoms with Gasteiger partial charge in [-0.05, 0) is 33.6 Å². The first-order valence-electron chi connectivity index (χ1n) is 7.53. The van der Waals surface area contributed by atoms with E-state index >= 15 is 0 Å². The van der Waals surface area contributed by atoms with Crippen molar-refractivity contribution < 1.29 is 19.1 Å². The van der Waals surface area contributed by atoms with Crippen molar-refractivity contribution in [3.05, 3.63) is 0 Å². The summed E-state index contributed by atoms with van der Waals surface area (Å²) in [5.41, 5.74) is -0.865. The van der Waals surface area contributed by atoms with Crippen molar-refractivity contribution in [2.45, 2.75) is 64.0 Å². The van der Waals surface area contributed by atoms with Gasteiger partial charge in [-0.2, -0.15) is 0 Å². The van der Waals surface area contributed by atoms with Gasteiger partial charge in [-0.1, -0.05) is 12.8 Å². The zero-order chi connectivity index (χ0) is 15.9. The molecule has 0 radical (unpaired) electrons. The van der Waals surface area contributed by atoms with E-state index in [0.29, 0.717) is 19.6 Å². The van der Waals surface area contributed by atoms with Crippen molar-refractivity contribution in [3.8, 4) is 0 Å². The molecule has 0 saturated heterocycles. The quantitative estimate of drug-likeness (QED) is 0.786. The fourth-order valence-electron chi connectivity index (χ4n) is 2.51. The van der Waals surface area contributed by atoms with Crippen LogP contribution in [0.15, 0.2) is 0 Å². The molecule has 1 saturated carbocycles. The third kappa shape index (κ3) is 6.80. The second-order valence-electron chi connectivity index (χ2n) is 6.63. The molecule has 6 heteroatoms. The van der Waals surface area contributed by atoms with Crippen LogP contribution >= 0.6 is 0 Å². The molecule has 0 spiro atoms. The molecule has 1 fully saturated rings. The van der Waals surface area contributed by atoms with Gasteiger partial charge in [0, 0.05) is 20.1 Å². The van der Waals surface area contributed by atoms with Crippen LogP contribution in [0.1, 0.15) is 52.9 Å². The molecule has 0 unspecified atom stereocenters. The van der Waals surface area contributed by atoms with Crippen molar-refractivity contribution in [3.63, 3.8) is 0 Å². The molecule has 0 aromatic carbocycles. The molecule has 122 valence electrons. The molecule has 1 aliphatic rings. The van der Waals surface area contributed by atoms with Crippen LogP contribution in [0.2, 0.25) is 0 Å². The minimum absolute atomic E-state index is 0.0373. The molecule has 21 heavy (non-hydrogen) atoms. The maximum absolute atomic E-state index is 11.9. The van der Waals surface area contributed by atoms with Gasteiger partial charge in [0.1, 0.15) is 5.60 Å². The Morgan fingerprint density at radius 2 is 1.81 bits per heavy atom. The predicted molar refractivity (Wildman–Crippen MR) is 80.1 cm³/mol. The number of ether oxygens (including phenoxy) is 2. The van der Waals surface area contributed by atoms with Crippen LogP contribution in [-0.4, -0.2) is 43.4 Å². The molecule has 0 atom stereocenters. The van der Waals surface area contributed by atoms with Gasteiger partial charge >= 0.3 is 6.09 Å². The lowest BCUT2D eigenvalue weighted by molar-refractivity contribution is -0.123. The summed E-state index contributed by atoms with van der Waals surface area (Å²) < 4.78 is 10.1. The monoisotopic (exact) mass is 300 g/mol. The van der Waals surface area contributed by atoms with E-state index in [1.807, 2.05) is 20.8 Å². The molecule has 0 aromatic heterocycles. The molecule has 0 heterocycles. The van der Waals surface area contributed by atoms with E-state index in [4.69, 9.17) is 9.47 Å². The Morgan fingerprint density at radius 3 is 2.33 bits per heavy atom. The first kappa shape index (κ1) is 17.8. The third-order valence-electron chi connectivity index (χ3n) is 3.47. The molecule has 2 N–H and O–H groups in total. The standard InChI is InChI=1S/C15H28N2O4/c1-14(2,3)21-13(19)16-11-15(8-5-6-9-15)17-12(18)7-10-20-4/h5-11H2,1-4H3,(H,16,19)(H,17,18). The largest absolute Gasteiger partial charge is 0.444 e. The van der Waals surface area contributed by atoms with Gasteiger partial charge in [0.2, 0.25) is 5.91 Å². The van der Waals surface area contributed by atoms with Gasteiger partial charge in [0.15, 0.2) is 0 Å². The summed E-state index contributed by atoms with van der Waals surface area (Å²) in [6.07, 6.45) is 3.76. The van der Waals surface area contributed by atoms with Crippen LogP contribution < -0.4 is 10.6 Å². The van der Waals surface area contributed by atoms with Crippen molar-refractivity contribution in [2.24, 2.45) is 0 Å². The van der Waals surface area contributed by atoms with Crippen LogP contribution in [0.3, 0.4) is 0 Å². The van der Waals surface area contributed by atoms with Crippen LogP contribution in [0.5, 0.6) is 0 Å². The van der Waals surface area contributed by atoms with Crippen molar-refractivity contribution >= 4 is 12.0 Å². The average Bonchev–Trinajstić information content (AvgIpc) is 2.81. The SMILES string of the molecule is COCCC(=O)NC1(CNC(=O)OC(C)(C)C)CCCC1. The number of hydrogen-bond donors (Lipinski definition) is 2. The van der Waals surface area contributed by atoms with Gasteiger partial charge < -0.3 is 20.1 Å². The molecular weight excluding hydrogens is 272 g/mol. The van der Waals surface area contributed by atoms with E-state index in [-0.39, 0.29) is 11.4 Å². The van der Waals surface area contributed by atoms with E-state index < -0.39 is 11.7 Å². The summed E-state index contributed by atoms with van der Waals surface area (Å²) in [7, 11) is 1.57. The highest BCUT2D eigenvalue weighted by molar-refractivity contribution is 5.77. The highest BCUT2D eigenvalue weighted by Crippen LogP contribution is 2.29. The molecule has 1 aliphatic carbocycles. The Balaban J connectivity index is 2.49. The van der Waals surface area contributed by atoms with E-state index in [9.17, 15) is 9.59 Å². The number of alkyl carbamates (subject to hydrolysis) is 1. The van der Waals surface area contributed by atoms with Gasteiger partial charge in [-0.15, -0.1) is 0 Å². The zero-order valence-electron chi connectivity index (χ0n) is 13.6. The molecular formula is C15H28N2O4. The summed E-state index contributed by atoms with van der Waals surface area (Å²) in [5, 5.41) is 5.83. The Kier molecular flexibility index (Phi) is 6.45. The zero-order valence-corrected chi connectivity index (χ0v) is 13.6. The summed E-state index contributed by atoms with van der Waals surface area (Å²) >= 11 is 0. The summed E-state index contributed by atoms with van der Waals surface area (Å²) in [5.74, 6) is -0.0373. The summed E-state index contributed by atoms with van der Waals surface area (Å²) in [6, 6.07) is 0. The Hall–Kier alpha value is -1.30. The number of amides is 2. The molecule has 1 rings (SSSR count). The fourth-order valence-corrected chi connectivity index (χ4v) is 2.51. The number of carbonyl (C=O) groups is 2. The number of nitrogens with one attached hydrogen (secondary N) is 2. The highest BCUT2D eigenvalue weighted by atomic mass is 16.6.